The molecule has 0 aromatic rings. The molecule has 0 saturated heterocycles. The molecule has 26 heavy (non-hydrogen) atoms. The Balaban J connectivity index is 2.61. The summed E-state index contributed by atoms with van der Waals surface area (Å²) in [4.78, 5) is 11.9. The Hall–Kier alpha value is -1.47. The molecule has 1 fully saturated rings. The zero-order valence-corrected chi connectivity index (χ0v) is 14.6. The molecule has 150 valence electrons. The summed E-state index contributed by atoms with van der Waals surface area (Å²) in [5.41, 5.74) is 0.979. The van der Waals surface area contributed by atoms with Crippen molar-refractivity contribution in [1.29, 1.82) is 0 Å². The summed E-state index contributed by atoms with van der Waals surface area (Å²) in [7, 11) is 0. The maximum Gasteiger partial charge on any atom is 0.434 e. The summed E-state index contributed by atoms with van der Waals surface area (Å²) in [5, 5.41) is 0. The maximum atomic E-state index is 12.5. The van der Waals surface area contributed by atoms with Crippen LogP contribution < -0.4 is 0 Å². The van der Waals surface area contributed by atoms with E-state index < -0.39 is 30.3 Å². The molecular formula is C18H24F6O2. The van der Waals surface area contributed by atoms with E-state index in [1.807, 2.05) is 19.1 Å². The lowest BCUT2D eigenvalue weighted by molar-refractivity contribution is -0.314. The fraction of sp³-hybridized carbons (Fsp3) is 0.722. The molecule has 0 N–H and O–H groups in total. The Morgan fingerprint density at radius 3 is 2.00 bits per heavy atom. The minimum Gasteiger partial charge on any atom is -0.443 e. The quantitative estimate of drug-likeness (QED) is 0.323. The van der Waals surface area contributed by atoms with Gasteiger partial charge in [0.25, 0.3) is 6.10 Å². The lowest BCUT2D eigenvalue weighted by atomic mass is 9.83. The molecule has 0 bridgehead atoms. The van der Waals surface area contributed by atoms with Crippen LogP contribution in [0.3, 0.4) is 0 Å². The SMILES string of the molecule is C=C(/C=C\C)CC1CCCC(C(=O)OC(C(F)(F)F)C(F)(F)F)CCC1. The second kappa shape index (κ2) is 9.46. The topological polar surface area (TPSA) is 26.3 Å². The molecule has 0 aliphatic heterocycles. The largest absolute Gasteiger partial charge is 0.443 e. The van der Waals surface area contributed by atoms with E-state index in [2.05, 4.69) is 11.3 Å². The van der Waals surface area contributed by atoms with Crippen LogP contribution in [0.2, 0.25) is 0 Å². The molecule has 1 aliphatic carbocycles. The van der Waals surface area contributed by atoms with Crippen LogP contribution in [0.5, 0.6) is 0 Å². The minimum absolute atomic E-state index is 0.230. The number of carbonyl (C=O) groups excluding carboxylic acids is 1. The number of esters is 1. The number of rotatable bonds is 5. The third-order valence-electron chi connectivity index (χ3n) is 4.45. The molecule has 0 amide bonds. The molecule has 1 rings (SSSR count). The van der Waals surface area contributed by atoms with Gasteiger partial charge in [-0.1, -0.05) is 50.0 Å². The predicted molar refractivity (Wildman–Crippen MR) is 85.2 cm³/mol. The van der Waals surface area contributed by atoms with Gasteiger partial charge in [0.15, 0.2) is 0 Å². The number of alkyl halides is 6. The first kappa shape index (κ1) is 22.6. The maximum absolute atomic E-state index is 12.5. The van der Waals surface area contributed by atoms with Crippen molar-refractivity contribution in [3.05, 3.63) is 24.3 Å². The fourth-order valence-electron chi connectivity index (χ4n) is 3.24. The zero-order valence-electron chi connectivity index (χ0n) is 14.6. The molecule has 0 heterocycles. The lowest BCUT2D eigenvalue weighted by Gasteiger charge is -2.27. The summed E-state index contributed by atoms with van der Waals surface area (Å²) in [6, 6.07) is 0. The molecule has 8 heteroatoms. The van der Waals surface area contributed by atoms with Gasteiger partial charge in [-0.3, -0.25) is 4.79 Å². The van der Waals surface area contributed by atoms with E-state index in [0.29, 0.717) is 18.8 Å². The summed E-state index contributed by atoms with van der Waals surface area (Å²) < 4.78 is 78.9. The van der Waals surface area contributed by atoms with Crippen molar-refractivity contribution < 1.29 is 35.9 Å². The van der Waals surface area contributed by atoms with Crippen LogP contribution in [0.4, 0.5) is 26.3 Å². The van der Waals surface area contributed by atoms with E-state index in [4.69, 9.17) is 0 Å². The van der Waals surface area contributed by atoms with Gasteiger partial charge in [-0.25, -0.2) is 0 Å². The van der Waals surface area contributed by atoms with Crippen LogP contribution >= 0.6 is 0 Å². The Morgan fingerprint density at radius 1 is 1.08 bits per heavy atom. The average Bonchev–Trinajstić information content (AvgIpc) is 2.45. The van der Waals surface area contributed by atoms with Crippen LogP contribution in [0.15, 0.2) is 24.3 Å². The molecule has 0 atom stereocenters. The first-order valence-electron chi connectivity index (χ1n) is 8.59. The van der Waals surface area contributed by atoms with Crippen molar-refractivity contribution in [2.75, 3.05) is 0 Å². The van der Waals surface area contributed by atoms with Crippen molar-refractivity contribution in [3.63, 3.8) is 0 Å². The Bertz CT molecular complexity index is 483. The van der Waals surface area contributed by atoms with Gasteiger partial charge >= 0.3 is 18.3 Å². The van der Waals surface area contributed by atoms with Crippen molar-refractivity contribution in [2.45, 2.75) is 70.3 Å². The standard InChI is InChI=1S/C18H24F6O2/c1-3-6-12(2)11-13-7-4-9-14(10-5-8-13)15(25)26-16(17(19,20)21)18(22,23)24/h3,6,13-14,16H,2,4-5,7-11H2,1H3/b6-3-. The summed E-state index contributed by atoms with van der Waals surface area (Å²) in [6.07, 6.45) is -7.75. The summed E-state index contributed by atoms with van der Waals surface area (Å²) >= 11 is 0. The second-order valence-electron chi connectivity index (χ2n) is 6.69. The highest BCUT2D eigenvalue weighted by Crippen LogP contribution is 2.37. The van der Waals surface area contributed by atoms with E-state index >= 15 is 0 Å². The molecule has 0 radical (unpaired) electrons. The first-order chi connectivity index (χ1) is 11.9. The predicted octanol–water partition coefficient (Wildman–Crippen LogP) is 6.13. The summed E-state index contributed by atoms with van der Waals surface area (Å²) in [6.45, 7) is 5.82. The molecule has 2 nitrogen and oxygen atoms in total. The van der Waals surface area contributed by atoms with Gasteiger partial charge in [-0.05, 0) is 32.1 Å². The number of halogens is 6. The highest BCUT2D eigenvalue weighted by atomic mass is 19.4. The van der Waals surface area contributed by atoms with Crippen LogP contribution in [-0.4, -0.2) is 24.4 Å². The number of hydrogen-bond donors (Lipinski definition) is 0. The van der Waals surface area contributed by atoms with Gasteiger partial charge in [0, 0.05) is 0 Å². The molecule has 0 spiro atoms. The van der Waals surface area contributed by atoms with Gasteiger partial charge in [0.05, 0.1) is 5.92 Å². The van der Waals surface area contributed by atoms with Gasteiger partial charge in [-0.15, -0.1) is 0 Å². The van der Waals surface area contributed by atoms with Gasteiger partial charge in [-0.2, -0.15) is 26.3 Å². The van der Waals surface area contributed by atoms with E-state index in [1.54, 1.807) is 0 Å². The third kappa shape index (κ3) is 7.41. The lowest BCUT2D eigenvalue weighted by Crippen LogP contribution is -2.46. The average molecular weight is 386 g/mol. The van der Waals surface area contributed by atoms with Crippen molar-refractivity contribution in [2.24, 2.45) is 11.8 Å². The highest BCUT2D eigenvalue weighted by Gasteiger charge is 2.60. The Labute approximate surface area is 149 Å². The second-order valence-corrected chi connectivity index (χ2v) is 6.69. The van der Waals surface area contributed by atoms with E-state index in [1.165, 1.54) is 0 Å². The highest BCUT2D eigenvalue weighted by molar-refractivity contribution is 5.72. The van der Waals surface area contributed by atoms with Crippen LogP contribution in [0.1, 0.15) is 51.9 Å². The fourth-order valence-corrected chi connectivity index (χ4v) is 3.24. The van der Waals surface area contributed by atoms with Gasteiger partial charge in [0.1, 0.15) is 0 Å². The smallest absolute Gasteiger partial charge is 0.434 e. The van der Waals surface area contributed by atoms with Gasteiger partial charge in [0.2, 0.25) is 0 Å². The van der Waals surface area contributed by atoms with Crippen molar-refractivity contribution in [1.82, 2.24) is 0 Å². The van der Waals surface area contributed by atoms with Crippen LogP contribution in [0, 0.1) is 11.8 Å². The van der Waals surface area contributed by atoms with Gasteiger partial charge < -0.3 is 4.74 Å². The third-order valence-corrected chi connectivity index (χ3v) is 4.45. The zero-order chi connectivity index (χ0) is 20.0. The molecule has 0 aromatic carbocycles. The first-order valence-corrected chi connectivity index (χ1v) is 8.59. The molecule has 1 saturated carbocycles. The number of ether oxygens (including phenoxy) is 1. The van der Waals surface area contributed by atoms with E-state index in [0.717, 1.165) is 24.8 Å². The minimum atomic E-state index is -5.67. The van der Waals surface area contributed by atoms with Crippen molar-refractivity contribution >= 4 is 5.97 Å². The number of hydrogen-bond acceptors (Lipinski definition) is 2. The monoisotopic (exact) mass is 386 g/mol. The number of carbonyl (C=O) groups is 1. The van der Waals surface area contributed by atoms with Crippen molar-refractivity contribution in [3.8, 4) is 0 Å². The molecule has 1 aliphatic rings. The molecular weight excluding hydrogens is 362 g/mol. The summed E-state index contributed by atoms with van der Waals surface area (Å²) in [5.74, 6) is -1.99. The number of allylic oxidation sites excluding steroid dienone is 3. The van der Waals surface area contributed by atoms with Crippen LogP contribution in [0.25, 0.3) is 0 Å². The normalized spacial score (nSPS) is 22.9. The Kier molecular flexibility index (Phi) is 8.21. The van der Waals surface area contributed by atoms with E-state index in [-0.39, 0.29) is 12.8 Å². The Morgan fingerprint density at radius 2 is 1.58 bits per heavy atom. The van der Waals surface area contributed by atoms with E-state index in [9.17, 15) is 31.1 Å². The molecule has 0 unspecified atom stereocenters. The van der Waals surface area contributed by atoms with Crippen LogP contribution in [-0.2, 0) is 9.53 Å². The molecule has 0 aromatic heterocycles.